The molecule has 0 N–H and O–H groups in total. The number of aryl methyl sites for hydroxylation is 1. The average Bonchev–Trinajstić information content (AvgIpc) is 3.37. The molecule has 0 saturated heterocycles. The molecule has 0 atom stereocenters. The lowest BCUT2D eigenvalue weighted by molar-refractivity contribution is -0.147. The van der Waals surface area contributed by atoms with Crippen molar-refractivity contribution < 1.29 is 18.8 Å². The SMILES string of the molecule is CCN(C(=O)COC(=O)CCc1nc(-c2cccs2)no1)c1ccccc1. The Bertz CT molecular complexity index is 878. The first-order chi connectivity index (χ1) is 13.2. The van der Waals surface area contributed by atoms with Crippen molar-refractivity contribution in [1.29, 1.82) is 0 Å². The van der Waals surface area contributed by atoms with Crippen LogP contribution in [0.15, 0.2) is 52.4 Å². The van der Waals surface area contributed by atoms with Crippen molar-refractivity contribution in [2.75, 3.05) is 18.1 Å². The molecule has 27 heavy (non-hydrogen) atoms. The number of ether oxygens (including phenoxy) is 1. The van der Waals surface area contributed by atoms with Crippen LogP contribution in [0.5, 0.6) is 0 Å². The number of esters is 1. The summed E-state index contributed by atoms with van der Waals surface area (Å²) in [5.74, 6) is 0.115. The van der Waals surface area contributed by atoms with Gasteiger partial charge in [0.1, 0.15) is 0 Å². The van der Waals surface area contributed by atoms with Crippen LogP contribution in [0, 0.1) is 0 Å². The number of carbonyl (C=O) groups is 2. The van der Waals surface area contributed by atoms with Crippen molar-refractivity contribution in [2.24, 2.45) is 0 Å². The Morgan fingerprint density at radius 1 is 1.19 bits per heavy atom. The highest BCUT2D eigenvalue weighted by molar-refractivity contribution is 7.13. The van der Waals surface area contributed by atoms with Gasteiger partial charge in [-0.2, -0.15) is 4.98 Å². The molecule has 8 heteroatoms. The first kappa shape index (κ1) is 18.8. The molecule has 0 unspecified atom stereocenters. The molecule has 1 amide bonds. The summed E-state index contributed by atoms with van der Waals surface area (Å²) in [4.78, 5) is 30.9. The first-order valence-corrected chi connectivity index (χ1v) is 9.43. The van der Waals surface area contributed by atoms with Gasteiger partial charge in [0.2, 0.25) is 11.7 Å². The molecule has 7 nitrogen and oxygen atoms in total. The van der Waals surface area contributed by atoms with Crippen LogP contribution in [-0.4, -0.2) is 35.2 Å². The Balaban J connectivity index is 1.46. The molecule has 0 bridgehead atoms. The largest absolute Gasteiger partial charge is 0.456 e. The van der Waals surface area contributed by atoms with Gasteiger partial charge in [-0.1, -0.05) is 29.4 Å². The van der Waals surface area contributed by atoms with Crippen molar-refractivity contribution in [3.63, 3.8) is 0 Å². The van der Waals surface area contributed by atoms with Gasteiger partial charge in [0.05, 0.1) is 11.3 Å². The second kappa shape index (κ2) is 9.09. The summed E-state index contributed by atoms with van der Waals surface area (Å²) >= 11 is 1.51. The van der Waals surface area contributed by atoms with Crippen molar-refractivity contribution in [3.8, 4) is 10.7 Å². The van der Waals surface area contributed by atoms with Gasteiger partial charge in [-0.05, 0) is 30.5 Å². The number of para-hydroxylation sites is 1. The molecule has 0 spiro atoms. The fraction of sp³-hybridized carbons (Fsp3) is 0.263. The predicted molar refractivity (Wildman–Crippen MR) is 101 cm³/mol. The van der Waals surface area contributed by atoms with E-state index in [2.05, 4.69) is 10.1 Å². The minimum Gasteiger partial charge on any atom is -0.456 e. The second-order valence-electron chi connectivity index (χ2n) is 5.62. The highest BCUT2D eigenvalue weighted by Gasteiger charge is 2.17. The number of anilines is 1. The van der Waals surface area contributed by atoms with Crippen molar-refractivity contribution in [1.82, 2.24) is 10.1 Å². The third-order valence-electron chi connectivity index (χ3n) is 3.79. The molecule has 3 rings (SSSR count). The zero-order chi connectivity index (χ0) is 19.1. The number of carbonyl (C=O) groups excluding carboxylic acids is 2. The summed E-state index contributed by atoms with van der Waals surface area (Å²) in [7, 11) is 0. The lowest BCUT2D eigenvalue weighted by Crippen LogP contribution is -2.34. The van der Waals surface area contributed by atoms with Gasteiger partial charge in [-0.3, -0.25) is 9.59 Å². The quantitative estimate of drug-likeness (QED) is 0.553. The molecule has 0 aliphatic carbocycles. The van der Waals surface area contributed by atoms with E-state index < -0.39 is 5.97 Å². The van der Waals surface area contributed by atoms with E-state index in [-0.39, 0.29) is 25.4 Å². The smallest absolute Gasteiger partial charge is 0.306 e. The number of thiophene rings is 1. The normalized spacial score (nSPS) is 10.6. The number of likely N-dealkylation sites (N-methyl/N-ethyl adjacent to an activating group) is 1. The highest BCUT2D eigenvalue weighted by Crippen LogP contribution is 2.21. The number of rotatable bonds is 8. The van der Waals surface area contributed by atoms with Crippen LogP contribution in [0.25, 0.3) is 10.7 Å². The fourth-order valence-corrected chi connectivity index (χ4v) is 3.12. The third-order valence-corrected chi connectivity index (χ3v) is 4.66. The van der Waals surface area contributed by atoms with Gasteiger partial charge in [-0.25, -0.2) is 0 Å². The maximum absolute atomic E-state index is 12.3. The van der Waals surface area contributed by atoms with Crippen LogP contribution in [0.4, 0.5) is 5.69 Å². The standard InChI is InChI=1S/C19H19N3O4S/c1-2-22(14-7-4-3-5-8-14)17(23)13-25-18(24)11-10-16-20-19(21-26-16)15-9-6-12-27-15/h3-9,12H,2,10-11,13H2,1H3. The lowest BCUT2D eigenvalue weighted by atomic mass is 10.3. The molecule has 0 fully saturated rings. The Labute approximate surface area is 160 Å². The van der Waals surface area contributed by atoms with Gasteiger partial charge in [0.15, 0.2) is 6.61 Å². The highest BCUT2D eigenvalue weighted by atomic mass is 32.1. The number of nitrogens with zero attached hydrogens (tertiary/aromatic N) is 3. The van der Waals surface area contributed by atoms with Gasteiger partial charge in [0, 0.05) is 18.7 Å². The van der Waals surface area contributed by atoms with E-state index in [1.165, 1.54) is 11.3 Å². The summed E-state index contributed by atoms with van der Waals surface area (Å²) in [6.45, 7) is 2.06. The molecule has 0 radical (unpaired) electrons. The number of aromatic nitrogens is 2. The van der Waals surface area contributed by atoms with E-state index in [1.54, 1.807) is 4.90 Å². The summed E-state index contributed by atoms with van der Waals surface area (Å²) in [5.41, 5.74) is 0.771. The number of amides is 1. The minimum atomic E-state index is -0.483. The number of hydrogen-bond donors (Lipinski definition) is 0. The van der Waals surface area contributed by atoms with Crippen molar-refractivity contribution >= 4 is 28.9 Å². The zero-order valence-electron chi connectivity index (χ0n) is 14.8. The Morgan fingerprint density at radius 2 is 2.00 bits per heavy atom. The summed E-state index contributed by atoms with van der Waals surface area (Å²) in [6.07, 6.45) is 0.332. The van der Waals surface area contributed by atoms with E-state index in [0.717, 1.165) is 10.6 Å². The minimum absolute atomic E-state index is 0.0663. The van der Waals surface area contributed by atoms with Crippen molar-refractivity contribution in [3.05, 3.63) is 53.7 Å². The summed E-state index contributed by atoms with van der Waals surface area (Å²) in [6, 6.07) is 13.1. The van der Waals surface area contributed by atoms with Crippen LogP contribution in [0.1, 0.15) is 19.2 Å². The molecule has 0 aliphatic rings. The average molecular weight is 385 g/mol. The summed E-state index contributed by atoms with van der Waals surface area (Å²) < 4.78 is 10.2. The van der Waals surface area contributed by atoms with Gasteiger partial charge < -0.3 is 14.2 Å². The molecule has 3 aromatic rings. The van der Waals surface area contributed by atoms with E-state index in [9.17, 15) is 9.59 Å². The Kier molecular flexibility index (Phi) is 6.32. The Hall–Kier alpha value is -3.00. The third kappa shape index (κ3) is 5.01. The van der Waals surface area contributed by atoms with Crippen LogP contribution in [0.2, 0.25) is 0 Å². The molecule has 140 valence electrons. The van der Waals surface area contributed by atoms with Crippen molar-refractivity contribution in [2.45, 2.75) is 19.8 Å². The van der Waals surface area contributed by atoms with Crippen LogP contribution >= 0.6 is 11.3 Å². The monoisotopic (exact) mass is 385 g/mol. The van der Waals surface area contributed by atoms with Crippen LogP contribution < -0.4 is 4.90 Å². The molecular weight excluding hydrogens is 366 g/mol. The van der Waals surface area contributed by atoms with E-state index >= 15 is 0 Å². The molecular formula is C19H19N3O4S. The van der Waals surface area contributed by atoms with E-state index in [0.29, 0.717) is 18.3 Å². The zero-order valence-corrected chi connectivity index (χ0v) is 15.6. The van der Waals surface area contributed by atoms with Gasteiger partial charge >= 0.3 is 5.97 Å². The van der Waals surface area contributed by atoms with E-state index in [1.807, 2.05) is 54.8 Å². The fourth-order valence-electron chi connectivity index (χ4n) is 2.47. The summed E-state index contributed by atoms with van der Waals surface area (Å²) in [5, 5.41) is 5.82. The maximum Gasteiger partial charge on any atom is 0.306 e. The molecule has 0 saturated carbocycles. The van der Waals surface area contributed by atoms with Gasteiger partial charge in [0.25, 0.3) is 5.91 Å². The molecule has 1 aromatic carbocycles. The molecule has 2 aromatic heterocycles. The van der Waals surface area contributed by atoms with Crippen LogP contribution in [0.3, 0.4) is 0 Å². The lowest BCUT2D eigenvalue weighted by Gasteiger charge is -2.20. The molecule has 0 aliphatic heterocycles. The Morgan fingerprint density at radius 3 is 2.70 bits per heavy atom. The predicted octanol–water partition coefficient (Wildman–Crippen LogP) is 3.33. The maximum atomic E-state index is 12.3. The second-order valence-corrected chi connectivity index (χ2v) is 6.57. The number of hydrogen-bond acceptors (Lipinski definition) is 7. The topological polar surface area (TPSA) is 85.5 Å². The molecule has 2 heterocycles. The first-order valence-electron chi connectivity index (χ1n) is 8.55. The van der Waals surface area contributed by atoms with E-state index in [4.69, 9.17) is 9.26 Å². The van der Waals surface area contributed by atoms with Crippen LogP contribution in [-0.2, 0) is 20.7 Å². The van der Waals surface area contributed by atoms with Gasteiger partial charge in [-0.15, -0.1) is 11.3 Å². The number of benzene rings is 1.